The first kappa shape index (κ1) is 35.8. The molecule has 0 amide bonds. The molecule has 0 saturated heterocycles. The van der Waals surface area contributed by atoms with Crippen LogP contribution in [0.2, 0.25) is 0 Å². The number of para-hydroxylation sites is 1. The summed E-state index contributed by atoms with van der Waals surface area (Å²) in [6.45, 7) is 15.9. The van der Waals surface area contributed by atoms with E-state index < -0.39 is 0 Å². The Balaban J connectivity index is 0.00000413. The van der Waals surface area contributed by atoms with E-state index in [0.717, 1.165) is 66.9 Å². The van der Waals surface area contributed by atoms with Crippen LogP contribution in [0.25, 0.3) is 61.3 Å². The van der Waals surface area contributed by atoms with Gasteiger partial charge in [-0.25, -0.2) is 0 Å². The third kappa shape index (κ3) is 5.72. The molecule has 6 heteroatoms. The quantitative estimate of drug-likeness (QED) is 0.162. The topological polar surface area (TPSA) is 53.1 Å². The fraction of sp³-hybridized carbons (Fsp3) is 0.208. The SMILES string of the molecule is CC(C)(C)c1ccnc(-c2ccccc2-c2ccccc2-c2cc3n(n2)-c2[c-]c(Oc4[c-]c5oc6ccccc6c5cc4)ccc2C(C)(C)C3(C)C)c1.[Pt+2]. The second kappa shape index (κ2) is 13.0. The standard InChI is InChI=1S/C48H41N3O2.Pt/c1-46(2,3)30-24-25-49-40(26-30)35-16-10-8-14-33(35)34-15-9-11-17-36(34)41-29-45-48(6,7)47(4,5)39-23-21-31(27-42(39)51(45)50-41)52-32-20-22-38-37-18-12-13-19-43(37)53-44(38)28-32;/h8-26,29H,1-7H3;/q-2;+2. The number of pyridine rings is 1. The van der Waals surface area contributed by atoms with Crippen LogP contribution >= 0.6 is 0 Å². The van der Waals surface area contributed by atoms with Gasteiger partial charge in [0.05, 0.1) is 11.4 Å². The molecule has 0 unspecified atom stereocenters. The molecule has 0 radical (unpaired) electrons. The molecule has 0 saturated carbocycles. The first-order valence-corrected chi connectivity index (χ1v) is 18.2. The van der Waals surface area contributed by atoms with Crippen LogP contribution in [0.3, 0.4) is 0 Å². The third-order valence-electron chi connectivity index (χ3n) is 11.5. The van der Waals surface area contributed by atoms with Crippen molar-refractivity contribution in [3.8, 4) is 50.8 Å². The first-order valence-electron chi connectivity index (χ1n) is 18.2. The number of benzene rings is 5. The molecule has 5 nitrogen and oxygen atoms in total. The Kier molecular flexibility index (Phi) is 8.58. The predicted octanol–water partition coefficient (Wildman–Crippen LogP) is 12.4. The summed E-state index contributed by atoms with van der Waals surface area (Å²) in [6.07, 6.45) is 1.92. The van der Waals surface area contributed by atoms with Gasteiger partial charge in [0, 0.05) is 45.5 Å². The van der Waals surface area contributed by atoms with Gasteiger partial charge in [0.15, 0.2) is 0 Å². The first-order chi connectivity index (χ1) is 25.4. The fourth-order valence-corrected chi connectivity index (χ4v) is 7.72. The van der Waals surface area contributed by atoms with Crippen LogP contribution < -0.4 is 4.74 Å². The summed E-state index contributed by atoms with van der Waals surface area (Å²) >= 11 is 0. The normalized spacial score (nSPS) is 14.4. The summed E-state index contributed by atoms with van der Waals surface area (Å²) in [6, 6.07) is 46.8. The van der Waals surface area contributed by atoms with E-state index >= 15 is 0 Å². The average Bonchev–Trinajstić information content (AvgIpc) is 3.77. The largest absolute Gasteiger partial charge is 2.00 e. The molecule has 0 atom stereocenters. The number of hydrogen-bond acceptors (Lipinski definition) is 4. The zero-order chi connectivity index (χ0) is 36.7. The summed E-state index contributed by atoms with van der Waals surface area (Å²) in [5.74, 6) is 1.16. The number of fused-ring (bicyclic) bond motifs is 6. The fourth-order valence-electron chi connectivity index (χ4n) is 7.72. The van der Waals surface area contributed by atoms with Crippen LogP contribution in [0.5, 0.6) is 11.5 Å². The van der Waals surface area contributed by atoms with Crippen LogP contribution in [0.4, 0.5) is 0 Å². The van der Waals surface area contributed by atoms with E-state index in [0.29, 0.717) is 17.1 Å². The molecule has 8 aromatic rings. The minimum atomic E-state index is -0.244. The molecule has 0 spiro atoms. The molecule has 0 fully saturated rings. The van der Waals surface area contributed by atoms with Gasteiger partial charge >= 0.3 is 21.1 Å². The van der Waals surface area contributed by atoms with E-state index in [2.05, 4.69) is 144 Å². The minimum Gasteiger partial charge on any atom is -0.509 e. The van der Waals surface area contributed by atoms with Gasteiger partial charge in [0.1, 0.15) is 5.58 Å². The maximum absolute atomic E-state index is 6.42. The number of furan rings is 1. The van der Waals surface area contributed by atoms with Crippen LogP contribution in [0.1, 0.15) is 65.3 Å². The van der Waals surface area contributed by atoms with E-state index in [9.17, 15) is 0 Å². The second-order valence-electron chi connectivity index (χ2n) is 16.2. The minimum absolute atomic E-state index is 0. The third-order valence-corrected chi connectivity index (χ3v) is 11.5. The second-order valence-corrected chi connectivity index (χ2v) is 16.2. The smallest absolute Gasteiger partial charge is 0.509 e. The molecule has 270 valence electrons. The van der Waals surface area contributed by atoms with Gasteiger partial charge in [0.2, 0.25) is 0 Å². The van der Waals surface area contributed by atoms with Crippen molar-refractivity contribution in [3.05, 3.63) is 150 Å². The van der Waals surface area contributed by atoms with Gasteiger partial charge in [-0.1, -0.05) is 127 Å². The summed E-state index contributed by atoms with van der Waals surface area (Å²) in [7, 11) is 0. The molecule has 1 aliphatic rings. The van der Waals surface area contributed by atoms with Crippen molar-refractivity contribution >= 4 is 21.9 Å². The monoisotopic (exact) mass is 886 g/mol. The Morgan fingerprint density at radius 2 is 1.28 bits per heavy atom. The molecule has 9 rings (SSSR count). The van der Waals surface area contributed by atoms with E-state index in [1.165, 1.54) is 5.56 Å². The van der Waals surface area contributed by atoms with Crippen molar-refractivity contribution < 1.29 is 30.2 Å². The molecule has 0 aliphatic carbocycles. The van der Waals surface area contributed by atoms with Crippen LogP contribution in [-0.4, -0.2) is 14.8 Å². The Morgan fingerprint density at radius 3 is 2.00 bits per heavy atom. The van der Waals surface area contributed by atoms with Crippen molar-refractivity contribution in [1.29, 1.82) is 0 Å². The molecule has 3 aromatic heterocycles. The molecule has 4 heterocycles. The number of aromatic nitrogens is 3. The van der Waals surface area contributed by atoms with Gasteiger partial charge in [0.25, 0.3) is 0 Å². The average molecular weight is 887 g/mol. The van der Waals surface area contributed by atoms with Gasteiger partial charge in [-0.2, -0.15) is 17.2 Å². The van der Waals surface area contributed by atoms with E-state index in [-0.39, 0.29) is 37.3 Å². The Labute approximate surface area is 331 Å². The zero-order valence-electron chi connectivity index (χ0n) is 31.5. The maximum Gasteiger partial charge on any atom is 2.00 e. The van der Waals surface area contributed by atoms with E-state index in [4.69, 9.17) is 19.2 Å². The predicted molar refractivity (Wildman–Crippen MR) is 214 cm³/mol. The van der Waals surface area contributed by atoms with Crippen molar-refractivity contribution in [3.63, 3.8) is 0 Å². The number of nitrogens with zero attached hydrogens (tertiary/aromatic N) is 3. The number of hydrogen-bond donors (Lipinski definition) is 0. The summed E-state index contributed by atoms with van der Waals surface area (Å²) in [5.41, 5.74) is 11.7. The summed E-state index contributed by atoms with van der Waals surface area (Å²) < 4.78 is 14.6. The van der Waals surface area contributed by atoms with Crippen LogP contribution in [-0.2, 0) is 37.3 Å². The maximum atomic E-state index is 6.42. The van der Waals surface area contributed by atoms with Crippen molar-refractivity contribution in [1.82, 2.24) is 14.8 Å². The molecule has 1 aliphatic heterocycles. The Morgan fingerprint density at radius 1 is 0.648 bits per heavy atom. The van der Waals surface area contributed by atoms with Crippen molar-refractivity contribution in [2.24, 2.45) is 0 Å². The molecule has 5 aromatic carbocycles. The van der Waals surface area contributed by atoms with Gasteiger partial charge in [-0.3, -0.25) is 9.67 Å². The molecular weight excluding hydrogens is 846 g/mol. The van der Waals surface area contributed by atoms with Gasteiger partial charge in [-0.05, 0) is 62.9 Å². The Hall–Kier alpha value is -5.25. The summed E-state index contributed by atoms with van der Waals surface area (Å²) in [5, 5.41) is 7.44. The van der Waals surface area contributed by atoms with E-state index in [1.807, 2.05) is 42.6 Å². The van der Waals surface area contributed by atoms with Crippen molar-refractivity contribution in [2.45, 2.75) is 64.7 Å². The van der Waals surface area contributed by atoms with Crippen molar-refractivity contribution in [2.75, 3.05) is 0 Å². The number of ether oxygens (including phenoxy) is 1. The molecular formula is C48H41N3O2Pt. The van der Waals surface area contributed by atoms with Crippen LogP contribution in [0.15, 0.2) is 126 Å². The summed E-state index contributed by atoms with van der Waals surface area (Å²) in [4.78, 5) is 4.84. The Bertz CT molecular complexity index is 2710. The molecule has 0 N–H and O–H groups in total. The van der Waals surface area contributed by atoms with Crippen LogP contribution in [0, 0.1) is 12.1 Å². The zero-order valence-corrected chi connectivity index (χ0v) is 33.8. The molecule has 54 heavy (non-hydrogen) atoms. The number of rotatable bonds is 5. The molecule has 0 bridgehead atoms. The van der Waals surface area contributed by atoms with Gasteiger partial charge < -0.3 is 9.15 Å². The van der Waals surface area contributed by atoms with E-state index in [1.54, 1.807) is 0 Å². The van der Waals surface area contributed by atoms with Gasteiger partial charge in [-0.15, -0.1) is 23.8 Å².